The predicted octanol–water partition coefficient (Wildman–Crippen LogP) is 5.69. The summed E-state index contributed by atoms with van der Waals surface area (Å²) in [5, 5.41) is 5.04. The first-order valence-electron chi connectivity index (χ1n) is 9.09. The maximum atomic E-state index is 13.2. The number of sulfonamides is 1. The Morgan fingerprint density at radius 1 is 1.00 bits per heavy atom. The molecule has 0 aliphatic heterocycles. The smallest absolute Gasteiger partial charge is 0.263 e. The maximum absolute atomic E-state index is 13.2. The summed E-state index contributed by atoms with van der Waals surface area (Å²) in [6.07, 6.45) is 1.73. The lowest BCUT2D eigenvalue weighted by molar-refractivity contribution is 0.599. The van der Waals surface area contributed by atoms with Gasteiger partial charge in [0.2, 0.25) is 0 Å². The van der Waals surface area contributed by atoms with Crippen molar-refractivity contribution < 1.29 is 8.42 Å². The molecule has 1 heterocycles. The van der Waals surface area contributed by atoms with E-state index in [-0.39, 0.29) is 5.82 Å². The Bertz CT molecular complexity index is 1170. The number of halogens is 2. The van der Waals surface area contributed by atoms with Crippen molar-refractivity contribution >= 4 is 43.4 Å². The predicted molar refractivity (Wildman–Crippen MR) is 121 cm³/mol. The molecule has 154 valence electrons. The minimum atomic E-state index is -3.81. The van der Waals surface area contributed by atoms with Gasteiger partial charge in [0.15, 0.2) is 5.82 Å². The van der Waals surface area contributed by atoms with Crippen molar-refractivity contribution in [2.45, 2.75) is 46.1 Å². The number of hydrogen-bond acceptors (Lipinski definition) is 3. The second kappa shape index (κ2) is 8.13. The quantitative estimate of drug-likeness (QED) is 0.493. The number of benzene rings is 2. The third kappa shape index (κ3) is 4.22. The Morgan fingerprint density at radius 3 is 2.14 bits per heavy atom. The fourth-order valence-corrected chi connectivity index (χ4v) is 5.76. The van der Waals surface area contributed by atoms with Crippen LogP contribution in [0.2, 0.25) is 5.02 Å². The Kier molecular flexibility index (Phi) is 6.13. The van der Waals surface area contributed by atoms with E-state index >= 15 is 0 Å². The zero-order chi connectivity index (χ0) is 21.5. The molecule has 1 N–H and O–H groups in total. The molecule has 0 fully saturated rings. The van der Waals surface area contributed by atoms with E-state index < -0.39 is 10.0 Å². The fraction of sp³-hybridized carbons (Fsp3) is 0.286. The third-order valence-corrected chi connectivity index (χ3v) is 8.00. The summed E-state index contributed by atoms with van der Waals surface area (Å²) in [4.78, 5) is 0.311. The molecule has 0 amide bonds. The Labute approximate surface area is 185 Å². The summed E-state index contributed by atoms with van der Waals surface area (Å²) in [7, 11) is -3.81. The van der Waals surface area contributed by atoms with E-state index in [0.717, 1.165) is 33.4 Å². The van der Waals surface area contributed by atoms with E-state index in [1.807, 2.05) is 58.9 Å². The van der Waals surface area contributed by atoms with Gasteiger partial charge in [-0.25, -0.2) is 8.42 Å². The zero-order valence-electron chi connectivity index (χ0n) is 17.0. The molecule has 0 atom stereocenters. The van der Waals surface area contributed by atoms with Gasteiger partial charge >= 0.3 is 0 Å². The Balaban J connectivity index is 1.97. The lowest BCUT2D eigenvalue weighted by Gasteiger charge is -2.19. The Hall–Kier alpha value is -1.83. The van der Waals surface area contributed by atoms with Gasteiger partial charge < -0.3 is 0 Å². The van der Waals surface area contributed by atoms with Gasteiger partial charge in [-0.05, 0) is 90.0 Å². The highest BCUT2D eigenvalue weighted by Gasteiger charge is 2.25. The molecule has 29 heavy (non-hydrogen) atoms. The van der Waals surface area contributed by atoms with Gasteiger partial charge in [0.1, 0.15) is 0 Å². The van der Waals surface area contributed by atoms with Crippen molar-refractivity contribution in [3.63, 3.8) is 0 Å². The van der Waals surface area contributed by atoms with Crippen molar-refractivity contribution in [3.05, 3.63) is 73.3 Å². The molecule has 0 saturated heterocycles. The molecule has 0 spiro atoms. The summed E-state index contributed by atoms with van der Waals surface area (Å²) >= 11 is 9.63. The Morgan fingerprint density at radius 2 is 1.55 bits per heavy atom. The molecule has 3 aromatic rings. The van der Waals surface area contributed by atoms with Crippen LogP contribution in [0.1, 0.15) is 33.4 Å². The van der Waals surface area contributed by atoms with Crippen LogP contribution in [0.4, 0.5) is 5.82 Å². The number of nitrogens with zero attached hydrogens (tertiary/aromatic N) is 2. The van der Waals surface area contributed by atoms with Gasteiger partial charge in [0.25, 0.3) is 10.0 Å². The van der Waals surface area contributed by atoms with Crippen molar-refractivity contribution in [2.24, 2.45) is 0 Å². The van der Waals surface area contributed by atoms with Gasteiger partial charge in [-0.3, -0.25) is 9.40 Å². The van der Waals surface area contributed by atoms with Crippen LogP contribution in [0.5, 0.6) is 0 Å². The summed E-state index contributed by atoms with van der Waals surface area (Å²) in [5.74, 6) is 0.242. The molecule has 0 aliphatic carbocycles. The standard InChI is InChI=1S/C21H23BrClN3O2S/c1-12-13(2)15(4)20(16(5)14(12)3)29(27,28)25-21-18(22)11-26(24-21)10-17-8-6-7-9-19(17)23/h6-9,11H,10H2,1-5H3,(H,24,25). The molecule has 3 rings (SSSR count). The van der Waals surface area contributed by atoms with Crippen LogP contribution in [-0.2, 0) is 16.6 Å². The maximum Gasteiger partial charge on any atom is 0.263 e. The molecule has 1 aromatic heterocycles. The van der Waals surface area contributed by atoms with Gasteiger partial charge in [0.05, 0.1) is 15.9 Å². The average Bonchev–Trinajstić information content (AvgIpc) is 2.98. The van der Waals surface area contributed by atoms with Crippen LogP contribution in [0, 0.1) is 34.6 Å². The summed E-state index contributed by atoms with van der Waals surface area (Å²) in [6.45, 7) is 10.0. The van der Waals surface area contributed by atoms with E-state index in [1.54, 1.807) is 10.9 Å². The number of anilines is 1. The highest BCUT2D eigenvalue weighted by molar-refractivity contribution is 9.10. The van der Waals surface area contributed by atoms with Crippen molar-refractivity contribution in [1.82, 2.24) is 9.78 Å². The summed E-state index contributed by atoms with van der Waals surface area (Å²) < 4.78 is 31.3. The van der Waals surface area contributed by atoms with E-state index in [2.05, 4.69) is 25.8 Å². The van der Waals surface area contributed by atoms with Crippen LogP contribution in [-0.4, -0.2) is 18.2 Å². The molecule has 0 saturated carbocycles. The first-order chi connectivity index (χ1) is 13.5. The monoisotopic (exact) mass is 495 g/mol. The minimum Gasteiger partial charge on any atom is -0.265 e. The second-order valence-corrected chi connectivity index (χ2v) is 10.1. The molecule has 0 radical (unpaired) electrons. The van der Waals surface area contributed by atoms with Crippen LogP contribution in [0.15, 0.2) is 39.8 Å². The number of aromatic nitrogens is 2. The molecule has 0 bridgehead atoms. The summed E-state index contributed by atoms with van der Waals surface area (Å²) in [6, 6.07) is 7.48. The second-order valence-electron chi connectivity index (χ2n) is 7.17. The highest BCUT2D eigenvalue weighted by atomic mass is 79.9. The minimum absolute atomic E-state index is 0.242. The van der Waals surface area contributed by atoms with Crippen LogP contribution in [0.25, 0.3) is 0 Å². The molecule has 0 aliphatic rings. The fourth-order valence-electron chi connectivity index (χ4n) is 3.40. The van der Waals surface area contributed by atoms with Crippen molar-refractivity contribution in [3.8, 4) is 0 Å². The third-order valence-electron chi connectivity index (χ3n) is 5.44. The topological polar surface area (TPSA) is 64.0 Å². The first kappa shape index (κ1) is 21.9. The van der Waals surface area contributed by atoms with Crippen molar-refractivity contribution in [2.75, 3.05) is 4.72 Å². The molecule has 2 aromatic carbocycles. The van der Waals surface area contributed by atoms with E-state index in [9.17, 15) is 8.42 Å². The SMILES string of the molecule is Cc1c(C)c(C)c(S(=O)(=O)Nc2nn(Cc3ccccc3Cl)cc2Br)c(C)c1C. The van der Waals surface area contributed by atoms with E-state index in [4.69, 9.17) is 11.6 Å². The van der Waals surface area contributed by atoms with Gasteiger partial charge in [0, 0.05) is 11.2 Å². The van der Waals surface area contributed by atoms with Crippen molar-refractivity contribution in [1.29, 1.82) is 0 Å². The summed E-state index contributed by atoms with van der Waals surface area (Å²) in [5.41, 5.74) is 5.49. The van der Waals surface area contributed by atoms with E-state index in [0.29, 0.717) is 20.9 Å². The largest absolute Gasteiger partial charge is 0.265 e. The van der Waals surface area contributed by atoms with Gasteiger partial charge in [-0.1, -0.05) is 29.8 Å². The van der Waals surface area contributed by atoms with Gasteiger partial charge in [-0.2, -0.15) is 5.10 Å². The zero-order valence-corrected chi connectivity index (χ0v) is 20.1. The van der Waals surface area contributed by atoms with E-state index in [1.165, 1.54) is 0 Å². The van der Waals surface area contributed by atoms with Crippen LogP contribution < -0.4 is 4.72 Å². The molecule has 8 heteroatoms. The molecular weight excluding hydrogens is 474 g/mol. The van der Waals surface area contributed by atoms with Crippen LogP contribution >= 0.6 is 27.5 Å². The molecule has 5 nitrogen and oxygen atoms in total. The van der Waals surface area contributed by atoms with Crippen LogP contribution in [0.3, 0.4) is 0 Å². The lowest BCUT2D eigenvalue weighted by Crippen LogP contribution is -2.18. The average molecular weight is 497 g/mol. The number of hydrogen-bond donors (Lipinski definition) is 1. The lowest BCUT2D eigenvalue weighted by atomic mass is 9.95. The molecular formula is C21H23BrClN3O2S. The van der Waals surface area contributed by atoms with Gasteiger partial charge in [-0.15, -0.1) is 0 Å². The number of rotatable bonds is 5. The normalized spacial score (nSPS) is 11.7. The molecule has 0 unspecified atom stereocenters. The highest BCUT2D eigenvalue weighted by Crippen LogP contribution is 2.32. The first-order valence-corrected chi connectivity index (χ1v) is 11.7. The number of nitrogens with one attached hydrogen (secondary N) is 1.